The minimum absolute atomic E-state index is 0.0103. The first-order valence-electron chi connectivity index (χ1n) is 11.5. The number of methoxy groups -OCH3 is 2. The molecule has 0 spiro atoms. The van der Waals surface area contributed by atoms with Gasteiger partial charge >= 0.3 is 0 Å². The Morgan fingerprint density at radius 2 is 1.68 bits per heavy atom. The summed E-state index contributed by atoms with van der Waals surface area (Å²) in [5.74, 6) is 2.20. The van der Waals surface area contributed by atoms with Gasteiger partial charge in [-0.3, -0.25) is 9.59 Å². The molecule has 0 saturated heterocycles. The quantitative estimate of drug-likeness (QED) is 0.637. The lowest BCUT2D eigenvalue weighted by atomic mass is 9.44. The Labute approximate surface area is 187 Å². The molecule has 0 aromatic heterocycles. The highest BCUT2D eigenvalue weighted by atomic mass is 16.5. The Kier molecular flexibility index (Phi) is 6.73. The second-order valence-corrected chi connectivity index (χ2v) is 10.6. The molecular formula is C26H39NO4. The molecule has 0 radical (unpaired) electrons. The van der Waals surface area contributed by atoms with Gasteiger partial charge in [0.15, 0.2) is 5.78 Å². The van der Waals surface area contributed by atoms with Crippen LogP contribution in [-0.4, -0.2) is 32.5 Å². The number of carbonyl (C=O) groups is 2. The van der Waals surface area contributed by atoms with Crippen LogP contribution in [0, 0.1) is 34.5 Å². The summed E-state index contributed by atoms with van der Waals surface area (Å²) in [6.07, 6.45) is 4.45. The van der Waals surface area contributed by atoms with E-state index in [9.17, 15) is 9.59 Å². The van der Waals surface area contributed by atoms with Crippen LogP contribution in [0.25, 0.3) is 0 Å². The molecule has 1 aromatic rings. The van der Waals surface area contributed by atoms with Gasteiger partial charge in [-0.25, -0.2) is 0 Å². The molecular weight excluding hydrogens is 390 g/mol. The third-order valence-electron chi connectivity index (χ3n) is 8.33. The third kappa shape index (κ3) is 4.47. The summed E-state index contributed by atoms with van der Waals surface area (Å²) in [6, 6.07) is 5.47. The molecule has 1 aromatic carbocycles. The fourth-order valence-corrected chi connectivity index (χ4v) is 6.73. The second-order valence-electron chi connectivity index (χ2n) is 10.6. The molecule has 5 heteroatoms. The van der Waals surface area contributed by atoms with Crippen molar-refractivity contribution in [2.24, 2.45) is 34.5 Å². The van der Waals surface area contributed by atoms with E-state index in [1.165, 1.54) is 6.42 Å². The average Bonchev–Trinajstić information content (AvgIpc) is 2.71. The van der Waals surface area contributed by atoms with Gasteiger partial charge in [0.25, 0.3) is 0 Å². The highest BCUT2D eigenvalue weighted by molar-refractivity contribution is 5.99. The molecule has 5 atom stereocenters. The van der Waals surface area contributed by atoms with Crippen molar-refractivity contribution in [1.82, 2.24) is 5.32 Å². The zero-order valence-corrected chi connectivity index (χ0v) is 20.2. The lowest BCUT2D eigenvalue weighted by molar-refractivity contribution is -0.121. The molecule has 0 aliphatic heterocycles. The predicted octanol–water partition coefficient (Wildman–Crippen LogP) is 5.13. The van der Waals surface area contributed by atoms with Crippen LogP contribution in [0.15, 0.2) is 18.2 Å². The number of hydrogen-bond donors (Lipinski definition) is 1. The van der Waals surface area contributed by atoms with E-state index >= 15 is 0 Å². The minimum atomic E-state index is -0.110. The Morgan fingerprint density at radius 1 is 1.06 bits per heavy atom. The summed E-state index contributed by atoms with van der Waals surface area (Å²) in [5.41, 5.74) is 0.754. The Hall–Kier alpha value is -2.04. The fraction of sp³-hybridized carbons (Fsp3) is 0.692. The van der Waals surface area contributed by atoms with Crippen molar-refractivity contribution in [3.05, 3.63) is 23.8 Å². The lowest BCUT2D eigenvalue weighted by Crippen LogP contribution is -2.57. The van der Waals surface area contributed by atoms with Crippen molar-refractivity contribution in [2.75, 3.05) is 20.8 Å². The van der Waals surface area contributed by atoms with Gasteiger partial charge in [0.05, 0.1) is 14.2 Å². The molecule has 2 saturated carbocycles. The SMILES string of the molecule is COc1cc(OC)cc(C(=O)[C@H]2[C@H](C)[C@H](CNC(C)=O)C[C@H]3C(C)(C)CCC[C@]23C)c1. The van der Waals surface area contributed by atoms with Crippen LogP contribution < -0.4 is 14.8 Å². The molecule has 2 aliphatic carbocycles. The van der Waals surface area contributed by atoms with Gasteiger partial charge in [-0.05, 0) is 60.0 Å². The molecule has 3 rings (SSSR count). The molecule has 2 aliphatic rings. The van der Waals surface area contributed by atoms with Gasteiger partial charge in [-0.15, -0.1) is 0 Å². The van der Waals surface area contributed by atoms with Gasteiger partial charge < -0.3 is 14.8 Å². The zero-order chi connectivity index (χ0) is 23.0. The molecule has 1 amide bonds. The van der Waals surface area contributed by atoms with Gasteiger partial charge in [0.2, 0.25) is 5.91 Å². The predicted molar refractivity (Wildman–Crippen MR) is 123 cm³/mol. The Bertz CT molecular complexity index is 810. The maximum atomic E-state index is 14.1. The summed E-state index contributed by atoms with van der Waals surface area (Å²) in [6.45, 7) is 11.4. The van der Waals surface area contributed by atoms with E-state index in [-0.39, 0.29) is 40.3 Å². The van der Waals surface area contributed by atoms with Crippen LogP contribution in [0.4, 0.5) is 0 Å². The topological polar surface area (TPSA) is 64.6 Å². The van der Waals surface area contributed by atoms with E-state index in [4.69, 9.17) is 9.47 Å². The normalized spacial score (nSPS) is 32.0. The summed E-state index contributed by atoms with van der Waals surface area (Å²) in [5, 5.41) is 3.03. The van der Waals surface area contributed by atoms with E-state index in [0.29, 0.717) is 29.5 Å². The number of Topliss-reactive ketones (excluding diaryl/α,β-unsaturated/α-hetero) is 1. The van der Waals surface area contributed by atoms with Crippen molar-refractivity contribution >= 4 is 11.7 Å². The number of rotatable bonds is 6. The Balaban J connectivity index is 2.05. The summed E-state index contributed by atoms with van der Waals surface area (Å²) >= 11 is 0. The van der Waals surface area contributed by atoms with E-state index in [1.54, 1.807) is 27.2 Å². The zero-order valence-electron chi connectivity index (χ0n) is 20.2. The summed E-state index contributed by atoms with van der Waals surface area (Å²) in [4.78, 5) is 25.7. The van der Waals surface area contributed by atoms with Crippen LogP contribution in [0.3, 0.4) is 0 Å². The maximum Gasteiger partial charge on any atom is 0.216 e. The third-order valence-corrected chi connectivity index (χ3v) is 8.33. The van der Waals surface area contributed by atoms with Crippen molar-refractivity contribution in [3.63, 3.8) is 0 Å². The monoisotopic (exact) mass is 429 g/mol. The molecule has 0 bridgehead atoms. The standard InChI is InChI=1S/C26H39NO4/c1-16-19(15-27-17(2)28)13-22-25(3,4)9-8-10-26(22,5)23(16)24(29)18-11-20(30-6)14-21(12-18)31-7/h11-12,14,16,19,22-23H,8-10,13,15H2,1-7H3,(H,27,28)/t16-,19+,22+,23-,26+/m1/s1. The molecule has 0 heterocycles. The maximum absolute atomic E-state index is 14.1. The highest BCUT2D eigenvalue weighted by Gasteiger charge is 2.58. The number of benzene rings is 1. The van der Waals surface area contributed by atoms with Crippen molar-refractivity contribution in [2.45, 2.75) is 60.3 Å². The summed E-state index contributed by atoms with van der Waals surface area (Å²) < 4.78 is 10.9. The molecule has 31 heavy (non-hydrogen) atoms. The first kappa shape index (κ1) is 23.6. The van der Waals surface area contributed by atoms with Crippen molar-refractivity contribution in [1.29, 1.82) is 0 Å². The summed E-state index contributed by atoms with van der Waals surface area (Å²) in [7, 11) is 3.22. The Morgan fingerprint density at radius 3 is 2.23 bits per heavy atom. The number of amides is 1. The average molecular weight is 430 g/mol. The first-order valence-corrected chi connectivity index (χ1v) is 11.5. The molecule has 0 unspecified atom stereocenters. The number of hydrogen-bond acceptors (Lipinski definition) is 4. The van der Waals surface area contributed by atoms with Crippen LogP contribution in [0.2, 0.25) is 0 Å². The first-order chi connectivity index (χ1) is 14.5. The smallest absolute Gasteiger partial charge is 0.216 e. The van der Waals surface area contributed by atoms with Crippen molar-refractivity contribution < 1.29 is 19.1 Å². The van der Waals surface area contributed by atoms with E-state index in [0.717, 1.165) is 19.3 Å². The van der Waals surface area contributed by atoms with Crippen LogP contribution in [0.1, 0.15) is 70.7 Å². The van der Waals surface area contributed by atoms with Crippen LogP contribution in [-0.2, 0) is 4.79 Å². The number of carbonyl (C=O) groups excluding carboxylic acids is 2. The molecule has 5 nitrogen and oxygen atoms in total. The van der Waals surface area contributed by atoms with Gasteiger partial charge in [0.1, 0.15) is 11.5 Å². The number of nitrogens with one attached hydrogen (secondary N) is 1. The molecule has 1 N–H and O–H groups in total. The van der Waals surface area contributed by atoms with Crippen molar-refractivity contribution in [3.8, 4) is 11.5 Å². The van der Waals surface area contributed by atoms with Crippen LogP contribution in [0.5, 0.6) is 11.5 Å². The number of ether oxygens (including phenoxy) is 2. The van der Waals surface area contributed by atoms with Crippen LogP contribution >= 0.6 is 0 Å². The van der Waals surface area contributed by atoms with E-state index < -0.39 is 0 Å². The number of ketones is 1. The lowest BCUT2D eigenvalue weighted by Gasteiger charge is -2.60. The van der Waals surface area contributed by atoms with E-state index in [2.05, 4.69) is 33.0 Å². The second kappa shape index (κ2) is 8.84. The van der Waals surface area contributed by atoms with Gasteiger partial charge in [-0.2, -0.15) is 0 Å². The molecule has 2 fully saturated rings. The minimum Gasteiger partial charge on any atom is -0.497 e. The van der Waals surface area contributed by atoms with Gasteiger partial charge in [-0.1, -0.05) is 34.1 Å². The van der Waals surface area contributed by atoms with E-state index in [1.807, 2.05) is 12.1 Å². The largest absolute Gasteiger partial charge is 0.497 e. The molecule has 172 valence electrons. The van der Waals surface area contributed by atoms with Gasteiger partial charge in [0, 0.05) is 31.0 Å². The highest BCUT2D eigenvalue weighted by Crippen LogP contribution is 2.62. The number of fused-ring (bicyclic) bond motifs is 1. The fourth-order valence-electron chi connectivity index (χ4n) is 6.73.